The fourth-order valence-corrected chi connectivity index (χ4v) is 8.66. The highest BCUT2D eigenvalue weighted by Crippen LogP contribution is 2.78. The first-order valence-corrected chi connectivity index (χ1v) is 11.0. The van der Waals surface area contributed by atoms with Crippen LogP contribution < -0.4 is 5.73 Å². The molecule has 3 nitrogen and oxygen atoms in total. The summed E-state index contributed by atoms with van der Waals surface area (Å²) in [5.74, 6) is 4.61. The summed E-state index contributed by atoms with van der Waals surface area (Å²) >= 11 is 0. The molecule has 6 aliphatic rings. The zero-order valence-corrected chi connectivity index (χ0v) is 16.3. The van der Waals surface area contributed by atoms with Crippen LogP contribution in [0.1, 0.15) is 51.9 Å². The summed E-state index contributed by atoms with van der Waals surface area (Å²) in [6.45, 7) is 6.70. The molecule has 5 aliphatic carbocycles. The first-order valence-electron chi connectivity index (χ1n) is 11.0. The molecule has 144 valence electrons. The molecular formula is C24H31NO2. The first kappa shape index (κ1) is 16.4. The summed E-state index contributed by atoms with van der Waals surface area (Å²) in [6.07, 6.45) is 14.5. The van der Waals surface area contributed by atoms with Crippen molar-refractivity contribution in [2.24, 2.45) is 52.6 Å². The summed E-state index contributed by atoms with van der Waals surface area (Å²) in [5.41, 5.74) is 8.68. The normalized spacial score (nSPS) is 54.9. The fourth-order valence-electron chi connectivity index (χ4n) is 8.66. The van der Waals surface area contributed by atoms with Crippen molar-refractivity contribution in [3.05, 3.63) is 36.1 Å². The molecule has 4 fully saturated rings. The van der Waals surface area contributed by atoms with Crippen molar-refractivity contribution in [3.63, 3.8) is 0 Å². The van der Waals surface area contributed by atoms with Crippen LogP contribution in [0.5, 0.6) is 0 Å². The molecule has 27 heavy (non-hydrogen) atoms. The van der Waals surface area contributed by atoms with Crippen LogP contribution in [0.3, 0.4) is 0 Å². The number of nitrogens with two attached hydrogens (primary N) is 1. The lowest BCUT2D eigenvalue weighted by atomic mass is 9.48. The maximum absolute atomic E-state index is 12.1. The van der Waals surface area contributed by atoms with Gasteiger partial charge in [0.05, 0.1) is 0 Å². The smallest absolute Gasteiger partial charge is 0.306 e. The molecule has 0 radical (unpaired) electrons. The van der Waals surface area contributed by atoms with E-state index < -0.39 is 0 Å². The van der Waals surface area contributed by atoms with Gasteiger partial charge in [-0.2, -0.15) is 0 Å². The number of hydrogen-bond donors (Lipinski definition) is 1. The van der Waals surface area contributed by atoms with Gasteiger partial charge in [-0.15, -0.1) is 6.58 Å². The van der Waals surface area contributed by atoms with Crippen molar-refractivity contribution < 1.29 is 9.53 Å². The van der Waals surface area contributed by atoms with Gasteiger partial charge in [0.1, 0.15) is 5.60 Å². The minimum Gasteiger partial charge on any atom is -0.458 e. The summed E-state index contributed by atoms with van der Waals surface area (Å²) in [6, 6.07) is 0. The third-order valence-electron chi connectivity index (χ3n) is 9.65. The second-order valence-corrected chi connectivity index (χ2v) is 10.4. The van der Waals surface area contributed by atoms with Gasteiger partial charge in [-0.05, 0) is 85.7 Å². The molecule has 1 heterocycles. The monoisotopic (exact) mass is 365 g/mol. The Kier molecular flexibility index (Phi) is 3.10. The quantitative estimate of drug-likeness (QED) is 0.555. The van der Waals surface area contributed by atoms with E-state index in [9.17, 15) is 4.79 Å². The van der Waals surface area contributed by atoms with Crippen LogP contribution >= 0.6 is 0 Å². The van der Waals surface area contributed by atoms with Crippen molar-refractivity contribution in [1.29, 1.82) is 0 Å². The van der Waals surface area contributed by atoms with Crippen LogP contribution in [0.4, 0.5) is 0 Å². The van der Waals surface area contributed by atoms with Gasteiger partial charge in [-0.25, -0.2) is 0 Å². The van der Waals surface area contributed by atoms with E-state index >= 15 is 0 Å². The van der Waals surface area contributed by atoms with E-state index in [2.05, 4.69) is 31.7 Å². The van der Waals surface area contributed by atoms with Crippen molar-refractivity contribution in [1.82, 2.24) is 0 Å². The van der Waals surface area contributed by atoms with Gasteiger partial charge in [0, 0.05) is 23.5 Å². The third-order valence-corrected chi connectivity index (χ3v) is 9.65. The fraction of sp³-hybridized carbons (Fsp3) is 0.708. The van der Waals surface area contributed by atoms with Crippen molar-refractivity contribution in [2.75, 3.05) is 0 Å². The number of carbonyl (C=O) groups is 1. The van der Waals surface area contributed by atoms with E-state index in [-0.39, 0.29) is 17.0 Å². The van der Waals surface area contributed by atoms with Gasteiger partial charge >= 0.3 is 5.97 Å². The van der Waals surface area contributed by atoms with Crippen LogP contribution in [-0.2, 0) is 9.53 Å². The molecule has 1 aliphatic heterocycles. The summed E-state index contributed by atoms with van der Waals surface area (Å²) in [5, 5.41) is 0. The molecule has 0 aromatic carbocycles. The lowest BCUT2D eigenvalue weighted by Crippen LogP contribution is -2.56. The minimum atomic E-state index is -0.156. The zero-order chi connectivity index (χ0) is 18.6. The van der Waals surface area contributed by atoms with Crippen molar-refractivity contribution >= 4 is 5.97 Å². The number of ether oxygens (including phenoxy) is 1. The van der Waals surface area contributed by atoms with E-state index in [0.717, 1.165) is 30.4 Å². The molecule has 0 aromatic rings. The molecule has 9 atom stereocenters. The van der Waals surface area contributed by atoms with Crippen LogP contribution in [-0.4, -0.2) is 11.6 Å². The standard InChI is InChI=1S/C24H31NO2/c1-3-13-10-14-11-15(25)4-5-16(14)17-6-8-23(2)22(21(13)17)18-12-19(18)24(23)9-7-20(26)27-24/h3,10-11,13,16-19,21-22H,1,4-9,12,25H2,2H3/t13?,16-,17?,18?,19?,21?,22?,23-,24-/m0/s1. The predicted octanol–water partition coefficient (Wildman–Crippen LogP) is 4.36. The predicted molar refractivity (Wildman–Crippen MR) is 104 cm³/mol. The average Bonchev–Trinajstić information content (AvgIpc) is 3.29. The van der Waals surface area contributed by atoms with E-state index in [1.807, 2.05) is 0 Å². The molecule has 1 spiro atoms. The Morgan fingerprint density at radius 2 is 2.11 bits per heavy atom. The van der Waals surface area contributed by atoms with Gasteiger partial charge in [-0.1, -0.05) is 19.1 Å². The zero-order valence-electron chi connectivity index (χ0n) is 16.3. The molecule has 3 heteroatoms. The number of hydrogen-bond acceptors (Lipinski definition) is 3. The molecule has 0 amide bonds. The SMILES string of the molecule is C=CC1C=C2C=C(N)CC[C@@H]2C2CC[C@@]3(C)C(C4CC4[C@@]34CCC(=O)O4)C12. The first-order chi connectivity index (χ1) is 13.0. The summed E-state index contributed by atoms with van der Waals surface area (Å²) in [7, 11) is 0. The van der Waals surface area contributed by atoms with Gasteiger partial charge in [0.2, 0.25) is 0 Å². The molecule has 1 saturated heterocycles. The maximum atomic E-state index is 12.1. The van der Waals surface area contributed by atoms with Crippen molar-refractivity contribution in [2.45, 2.75) is 57.5 Å². The van der Waals surface area contributed by atoms with Crippen LogP contribution in [0.25, 0.3) is 0 Å². The number of rotatable bonds is 1. The molecule has 6 unspecified atom stereocenters. The van der Waals surface area contributed by atoms with E-state index in [1.54, 1.807) is 0 Å². The molecule has 6 rings (SSSR count). The molecule has 0 bridgehead atoms. The van der Waals surface area contributed by atoms with Crippen LogP contribution in [0.2, 0.25) is 0 Å². The van der Waals surface area contributed by atoms with E-state index in [1.165, 1.54) is 31.3 Å². The Morgan fingerprint density at radius 1 is 1.26 bits per heavy atom. The van der Waals surface area contributed by atoms with E-state index in [0.29, 0.717) is 36.0 Å². The van der Waals surface area contributed by atoms with Gasteiger partial charge < -0.3 is 10.5 Å². The third kappa shape index (κ3) is 1.87. The largest absolute Gasteiger partial charge is 0.458 e. The number of allylic oxidation sites excluding steroid dienone is 5. The lowest BCUT2D eigenvalue weighted by molar-refractivity contribution is -0.174. The van der Waals surface area contributed by atoms with Crippen LogP contribution in [0, 0.1) is 46.8 Å². The Bertz CT molecular complexity index is 796. The average molecular weight is 366 g/mol. The molecule has 2 N–H and O–H groups in total. The highest BCUT2D eigenvalue weighted by molar-refractivity contribution is 5.73. The lowest BCUT2D eigenvalue weighted by Gasteiger charge is -2.58. The van der Waals surface area contributed by atoms with Gasteiger partial charge in [0.25, 0.3) is 0 Å². The van der Waals surface area contributed by atoms with E-state index in [4.69, 9.17) is 10.5 Å². The number of fused-ring (bicyclic) bond motifs is 9. The Hall–Kier alpha value is -1.51. The molecule has 0 aromatic heterocycles. The second kappa shape index (κ2) is 5.10. The Balaban J connectivity index is 1.44. The molecule has 3 saturated carbocycles. The highest BCUT2D eigenvalue weighted by atomic mass is 16.6. The second-order valence-electron chi connectivity index (χ2n) is 10.4. The Labute approximate surface area is 162 Å². The van der Waals surface area contributed by atoms with Gasteiger partial charge in [-0.3, -0.25) is 4.79 Å². The minimum absolute atomic E-state index is 0.0450. The van der Waals surface area contributed by atoms with Gasteiger partial charge in [0.15, 0.2) is 0 Å². The van der Waals surface area contributed by atoms with Crippen LogP contribution in [0.15, 0.2) is 36.1 Å². The summed E-state index contributed by atoms with van der Waals surface area (Å²) in [4.78, 5) is 12.1. The maximum Gasteiger partial charge on any atom is 0.306 e. The number of esters is 1. The molecular weight excluding hydrogens is 334 g/mol. The van der Waals surface area contributed by atoms with Crippen molar-refractivity contribution in [3.8, 4) is 0 Å². The summed E-state index contributed by atoms with van der Waals surface area (Å²) < 4.78 is 6.20. The topological polar surface area (TPSA) is 52.3 Å². The number of carbonyl (C=O) groups excluding carboxylic acids is 1. The Morgan fingerprint density at radius 3 is 2.85 bits per heavy atom. The highest BCUT2D eigenvalue weighted by Gasteiger charge is 2.78.